The van der Waals surface area contributed by atoms with Gasteiger partial charge in [-0.15, -0.1) is 22.4 Å². The van der Waals surface area contributed by atoms with Gasteiger partial charge in [-0.3, -0.25) is 19.2 Å². The predicted octanol–water partition coefficient (Wildman–Crippen LogP) is 18.3. The van der Waals surface area contributed by atoms with Gasteiger partial charge in [0.1, 0.15) is 54.9 Å². The molecule has 0 bridgehead atoms. The van der Waals surface area contributed by atoms with Crippen molar-refractivity contribution in [1.29, 1.82) is 0 Å². The Morgan fingerprint density at radius 1 is 0.522 bits per heavy atom. The number of aliphatic hydroxyl groups is 1. The fourth-order valence-corrected chi connectivity index (χ4v) is 15.2. The minimum atomic E-state index is -5.99. The summed E-state index contributed by atoms with van der Waals surface area (Å²) in [4.78, 5) is 81.2. The van der Waals surface area contributed by atoms with Crippen LogP contribution >= 0.6 is 12.2 Å². The van der Waals surface area contributed by atoms with Gasteiger partial charge >= 0.3 is 69.8 Å². The van der Waals surface area contributed by atoms with E-state index in [0.29, 0.717) is 55.6 Å². The summed E-state index contributed by atoms with van der Waals surface area (Å²) in [6, 6.07) is 53.7. The average Bonchev–Trinajstić information content (AvgIpc) is 1.44. The number of fused-ring (bicyclic) bond motifs is 2. The van der Waals surface area contributed by atoms with E-state index < -0.39 is 102 Å². The molecule has 0 atom stereocenters. The number of alkyl halides is 9. The second-order valence-electron chi connectivity index (χ2n) is 32.3. The summed E-state index contributed by atoms with van der Waals surface area (Å²) >= 11 is -0.782. The molecule has 8 heterocycles. The fourth-order valence-electron chi connectivity index (χ4n) is 13.1. The van der Waals surface area contributed by atoms with Crippen LogP contribution in [0.15, 0.2) is 200 Å². The number of anilines is 1. The van der Waals surface area contributed by atoms with Crippen molar-refractivity contribution in [3.63, 3.8) is 0 Å². The van der Waals surface area contributed by atoms with Crippen LogP contribution in [-0.2, 0) is 95.8 Å². The quantitative estimate of drug-likeness (QED) is 0.00820. The van der Waals surface area contributed by atoms with Crippen LogP contribution in [0.1, 0.15) is 172 Å². The number of carbonyl (C=O) groups excluding carboxylic acids is 6. The zero-order valence-corrected chi connectivity index (χ0v) is 76.3. The number of aromatic hydroxyl groups is 1. The number of Topliss-reactive ketones (excluding diaryl/α,β-unsaturated/α-hetero) is 3. The standard InChI is InChI=1S/C22H20F3NO6S.C21H21NO4.C12H24B2O4.C12H13NO4.C8H5F6NO4S2.C8H8O2.C4H9N.CH4O.2CH4/c23-22(24,25)33(28,29)32-19-14-21(31-18-9-5-4-8-17(18)19)10-12-26(13-11-21)20(27)30-15-16-6-2-1-3-7-16;23-18-14-21(26-19-9-5-4-8-17(18)19)10-12-22(13-11-21)20(24)25-15-16-6-2-1-3-7-16;1-9(2)10(3,4)16-13(15-9)14-17-11(5,6)12(7,8)18-14;14-11-6-7-13(17-9-11)12(15)16-8-10-4-2-1-3-5-10;9-7(10,11)18-19-20-15(6-4-2-1-3-5-6)21(16,17)8(12,13)14;1-6(9)7-4-2-3-5-8(7)10;1-2-4-5-3-1;1-2;;/h1-9,14H,10-13,15H2;1-9H,10-15H2;1-8H3;1-5H,6-9H2;1-5H;2-5,10H,1H3;5H,1-4H2;2H,1H3;2*1H4. The highest BCUT2D eigenvalue weighted by molar-refractivity contribution is 8.12. The molecule has 30 nitrogen and oxygen atoms in total. The Balaban J connectivity index is 0.000000249. The Morgan fingerprint density at radius 3 is 1.32 bits per heavy atom. The van der Waals surface area contributed by atoms with Crippen LogP contribution < -0.4 is 18.5 Å². The predicted molar refractivity (Wildman–Crippen MR) is 480 cm³/mol. The first kappa shape index (κ1) is 112. The minimum absolute atomic E-state index is 0. The molecule has 7 aromatic carbocycles. The van der Waals surface area contributed by atoms with Crippen LogP contribution in [0.4, 0.5) is 59.6 Å². The lowest BCUT2D eigenvalue weighted by Gasteiger charge is -2.43. The van der Waals surface area contributed by atoms with Crippen molar-refractivity contribution in [2.24, 2.45) is 0 Å². The van der Waals surface area contributed by atoms with Gasteiger partial charge < -0.3 is 71.8 Å². The largest absolute Gasteiger partial charge is 0.550 e. The molecule has 7 aromatic rings. The highest BCUT2D eigenvalue weighted by Gasteiger charge is 2.64. The SMILES string of the molecule is C.C.C1CCNC1.CC(=O)c1ccccc1O.CC1(C)OB(B2OC(C)(C)C(C)(C)O2)OC1(C)C.CO.O=C(OCc1ccccc1)N1CCC2(C=C(OS(=O)(=O)C(F)(F)F)c3ccccc3O2)CC1.O=C1CC2(CCN(C(=O)OCc3ccccc3)CC2)Oc2ccccc21.O=C1CCN(C(=O)OCc2ccccc2)OC1.O=S(=O)(N(SOOC(F)(F)F)c1ccccc1)C(F)(F)F. The van der Waals surface area contributed by atoms with E-state index in [1.807, 2.05) is 165 Å². The zero-order valence-electron chi connectivity index (χ0n) is 73.8. The first-order valence-electron chi connectivity index (χ1n) is 41.3. The topological polar surface area (TPSA) is 356 Å². The van der Waals surface area contributed by atoms with Crippen molar-refractivity contribution in [2.45, 2.75) is 199 Å². The third kappa shape index (κ3) is 32.1. The maximum absolute atomic E-state index is 12.9. The number of carbonyl (C=O) groups is 6. The fraction of sp³-hybridized carbons (Fsp3) is 0.444. The number of ketones is 3. The number of likely N-dealkylation sites (tertiary alicyclic amines) is 2. The summed E-state index contributed by atoms with van der Waals surface area (Å²) in [5.41, 5.74) is -11.1. The normalized spacial score (nSPS) is 17.9. The lowest BCUT2D eigenvalue weighted by molar-refractivity contribution is -0.440. The number of amides is 3. The maximum atomic E-state index is 12.9. The number of hydrogen-bond acceptors (Lipinski definition) is 27. The lowest BCUT2D eigenvalue weighted by Crippen LogP contribution is -2.52. The summed E-state index contributed by atoms with van der Waals surface area (Å²) in [6.07, 6.45) is -0.292. The van der Waals surface area contributed by atoms with Gasteiger partial charge in [-0.2, -0.15) is 52.0 Å². The molecule has 8 aliphatic rings. The average molecular weight is 1950 g/mol. The number of aliphatic hydroxyl groups excluding tert-OH is 1. The number of benzene rings is 7. The Kier molecular flexibility index (Phi) is 41.3. The number of phenols is 1. The van der Waals surface area contributed by atoms with Crippen LogP contribution in [-0.4, -0.2) is 202 Å². The van der Waals surface area contributed by atoms with Crippen molar-refractivity contribution in [3.8, 4) is 17.2 Å². The van der Waals surface area contributed by atoms with Gasteiger partial charge in [0.05, 0.1) is 57.7 Å². The molecule has 734 valence electrons. The van der Waals surface area contributed by atoms with Gasteiger partial charge in [0.2, 0.25) is 0 Å². The van der Waals surface area contributed by atoms with Crippen LogP contribution in [0, 0.1) is 0 Å². The molecule has 6 saturated heterocycles. The summed E-state index contributed by atoms with van der Waals surface area (Å²) < 4.78 is 216. The maximum Gasteiger partial charge on any atom is 0.550 e. The third-order valence-electron chi connectivity index (χ3n) is 21.6. The van der Waals surface area contributed by atoms with E-state index in [1.165, 1.54) is 86.3 Å². The zero-order chi connectivity index (χ0) is 97.2. The number of phenolic OH excluding ortho intramolecular Hbond substituents is 1. The molecular weight excluding hydrogens is 1840 g/mol. The van der Waals surface area contributed by atoms with Crippen LogP contribution in [0.3, 0.4) is 0 Å². The van der Waals surface area contributed by atoms with Crippen molar-refractivity contribution in [1.82, 2.24) is 20.2 Å². The number of halogens is 9. The first-order chi connectivity index (χ1) is 62.0. The monoisotopic (exact) mass is 1950 g/mol. The number of para-hydroxylation sites is 4. The van der Waals surface area contributed by atoms with Crippen molar-refractivity contribution in [3.05, 3.63) is 234 Å². The van der Waals surface area contributed by atoms with E-state index in [9.17, 15) is 85.1 Å². The summed E-state index contributed by atoms with van der Waals surface area (Å²) in [5.74, 6) is 0.461. The number of rotatable bonds is 15. The number of nitrogens with one attached hydrogen (secondary N) is 1. The molecule has 6 fully saturated rings. The number of piperidine rings is 2. The van der Waals surface area contributed by atoms with E-state index in [-0.39, 0.29) is 137 Å². The molecule has 15 rings (SSSR count). The summed E-state index contributed by atoms with van der Waals surface area (Å²) in [7, 11) is -11.8. The van der Waals surface area contributed by atoms with Gasteiger partial charge in [-0.1, -0.05) is 160 Å². The third-order valence-corrected chi connectivity index (χ3v) is 25.1. The smallest absolute Gasteiger partial charge is 0.507 e. The van der Waals surface area contributed by atoms with Crippen molar-refractivity contribution < 1.29 is 156 Å². The molecule has 134 heavy (non-hydrogen) atoms. The summed E-state index contributed by atoms with van der Waals surface area (Å²) in [5, 5.41) is 20.4. The highest BCUT2D eigenvalue weighted by atomic mass is 32.3. The molecule has 0 unspecified atom stereocenters. The summed E-state index contributed by atoms with van der Waals surface area (Å²) in [6.45, 7) is 22.4. The van der Waals surface area contributed by atoms with E-state index >= 15 is 0 Å². The number of sulfonamides is 1. The molecule has 0 aromatic heterocycles. The Hall–Kier alpha value is -10.5. The minimum Gasteiger partial charge on any atom is -0.507 e. The molecule has 44 heteroatoms. The van der Waals surface area contributed by atoms with Crippen molar-refractivity contribution in [2.75, 3.05) is 63.2 Å². The van der Waals surface area contributed by atoms with E-state index in [1.54, 1.807) is 35.2 Å². The Morgan fingerprint density at radius 2 is 0.925 bits per heavy atom. The van der Waals surface area contributed by atoms with E-state index in [2.05, 4.69) is 18.7 Å². The van der Waals surface area contributed by atoms with Gasteiger partial charge in [-0.25, -0.2) is 14.4 Å². The van der Waals surface area contributed by atoms with Crippen LogP contribution in [0.25, 0.3) is 5.76 Å². The molecule has 0 saturated carbocycles. The lowest BCUT2D eigenvalue weighted by atomic mass is 9.49. The van der Waals surface area contributed by atoms with Crippen LogP contribution in [0.2, 0.25) is 0 Å². The molecule has 2 spiro atoms. The second-order valence-corrected chi connectivity index (χ2v) is 36.5. The molecule has 3 N–H and O–H groups in total. The van der Waals surface area contributed by atoms with E-state index in [4.69, 9.17) is 57.4 Å². The van der Waals surface area contributed by atoms with Crippen molar-refractivity contribution >= 4 is 93.5 Å². The Bertz CT molecular complexity index is 5130. The molecule has 8 aliphatic heterocycles. The number of hydrogen-bond donors (Lipinski definition) is 3. The molecular formula is C90H112B2F9N5O25S3. The van der Waals surface area contributed by atoms with Gasteiger partial charge in [-0.05, 0) is 153 Å². The molecule has 0 radical (unpaired) electrons. The Labute approximate surface area is 778 Å². The highest BCUT2D eigenvalue weighted by Crippen LogP contribution is 2.47. The number of hydroxylamine groups is 2. The van der Waals surface area contributed by atoms with Gasteiger partial charge in [0.25, 0.3) is 0 Å². The van der Waals surface area contributed by atoms with E-state index in [0.717, 1.165) is 41.0 Å². The molecule has 3 amide bonds. The second kappa shape index (κ2) is 49.3. The molecule has 0 aliphatic carbocycles. The van der Waals surface area contributed by atoms with Gasteiger partial charge in [0.15, 0.2) is 35.3 Å². The van der Waals surface area contributed by atoms with Crippen LogP contribution in [0.5, 0.6) is 17.2 Å². The first-order valence-corrected chi connectivity index (χ1v) is 44.9. The number of nitrogens with zero attached hydrogens (tertiary/aromatic N) is 4. The van der Waals surface area contributed by atoms with Gasteiger partial charge in [0, 0.05) is 71.5 Å². The number of ether oxygens (including phenoxy) is 5.